The van der Waals surface area contributed by atoms with Crippen LogP contribution < -0.4 is 5.32 Å². The molecule has 1 atom stereocenters. The second kappa shape index (κ2) is 6.76. The molecule has 0 radical (unpaired) electrons. The van der Waals surface area contributed by atoms with Gasteiger partial charge in [0, 0.05) is 6.04 Å². The average molecular weight is 271 g/mol. The molecule has 0 spiro atoms. The van der Waals surface area contributed by atoms with Crippen LogP contribution in [0, 0.1) is 5.92 Å². The first-order chi connectivity index (χ1) is 9.88. The Bertz CT molecular complexity index is 429. The topological polar surface area (TPSA) is 12.0 Å². The smallest absolute Gasteiger partial charge is 0.0346 e. The fourth-order valence-corrected chi connectivity index (χ4v) is 4.27. The van der Waals surface area contributed by atoms with Crippen LogP contribution in [0.3, 0.4) is 0 Å². The molecule has 1 heteroatoms. The van der Waals surface area contributed by atoms with Crippen molar-refractivity contribution >= 4 is 0 Å². The first-order valence-corrected chi connectivity index (χ1v) is 8.67. The molecule has 1 N–H and O–H groups in total. The van der Waals surface area contributed by atoms with E-state index in [-0.39, 0.29) is 0 Å². The summed E-state index contributed by atoms with van der Waals surface area (Å²) in [6.45, 7) is 0. The second-order valence-electron chi connectivity index (χ2n) is 6.75. The van der Waals surface area contributed by atoms with E-state index in [9.17, 15) is 0 Å². The number of benzene rings is 1. The van der Waals surface area contributed by atoms with Gasteiger partial charge in [0.1, 0.15) is 0 Å². The molecule has 1 unspecified atom stereocenters. The van der Waals surface area contributed by atoms with Crippen molar-refractivity contribution in [1.29, 1.82) is 0 Å². The summed E-state index contributed by atoms with van der Waals surface area (Å²) in [5.41, 5.74) is 4.78. The monoisotopic (exact) mass is 271 g/mol. The first-order valence-electron chi connectivity index (χ1n) is 8.67. The van der Waals surface area contributed by atoms with Crippen molar-refractivity contribution in [2.24, 2.45) is 5.92 Å². The highest BCUT2D eigenvalue weighted by Crippen LogP contribution is 2.34. The minimum absolute atomic E-state index is 0.570. The number of hydrogen-bond acceptors (Lipinski definition) is 1. The van der Waals surface area contributed by atoms with Crippen LogP contribution in [0.15, 0.2) is 18.2 Å². The number of rotatable bonds is 3. The van der Waals surface area contributed by atoms with Crippen molar-refractivity contribution in [2.75, 3.05) is 7.05 Å². The molecule has 110 valence electrons. The third-order valence-electron chi connectivity index (χ3n) is 5.41. The highest BCUT2D eigenvalue weighted by molar-refractivity contribution is 5.35. The Morgan fingerprint density at radius 2 is 1.60 bits per heavy atom. The Kier molecular flexibility index (Phi) is 4.77. The van der Waals surface area contributed by atoms with Gasteiger partial charge in [-0.15, -0.1) is 0 Å². The Balaban J connectivity index is 1.81. The summed E-state index contributed by atoms with van der Waals surface area (Å²) < 4.78 is 0. The van der Waals surface area contributed by atoms with Crippen LogP contribution >= 0.6 is 0 Å². The first kappa shape index (κ1) is 14.1. The lowest BCUT2D eigenvalue weighted by Crippen LogP contribution is -2.25. The van der Waals surface area contributed by atoms with Gasteiger partial charge in [-0.1, -0.05) is 43.9 Å². The Morgan fingerprint density at radius 1 is 0.900 bits per heavy atom. The molecule has 0 amide bonds. The van der Waals surface area contributed by atoms with Crippen LogP contribution in [0.5, 0.6) is 0 Å². The fourth-order valence-electron chi connectivity index (χ4n) is 4.27. The Hall–Kier alpha value is -0.820. The van der Waals surface area contributed by atoms with E-state index in [1.807, 2.05) is 0 Å². The molecule has 0 saturated heterocycles. The SMILES string of the molecule is CNC(c1ccc2c(c1)CCCC2)C1CCCCCC1. The maximum Gasteiger partial charge on any atom is 0.0346 e. The van der Waals surface area contributed by atoms with Gasteiger partial charge in [-0.25, -0.2) is 0 Å². The van der Waals surface area contributed by atoms with Gasteiger partial charge < -0.3 is 5.32 Å². The molecule has 0 aliphatic heterocycles. The molecule has 1 nitrogen and oxygen atoms in total. The van der Waals surface area contributed by atoms with E-state index in [0.29, 0.717) is 6.04 Å². The van der Waals surface area contributed by atoms with Crippen LogP contribution in [-0.4, -0.2) is 7.05 Å². The van der Waals surface area contributed by atoms with Gasteiger partial charge in [-0.2, -0.15) is 0 Å². The number of fused-ring (bicyclic) bond motifs is 1. The summed E-state index contributed by atoms with van der Waals surface area (Å²) in [6.07, 6.45) is 13.9. The maximum atomic E-state index is 3.62. The van der Waals surface area contributed by atoms with E-state index in [1.165, 1.54) is 64.2 Å². The van der Waals surface area contributed by atoms with E-state index >= 15 is 0 Å². The number of nitrogens with one attached hydrogen (secondary N) is 1. The van der Waals surface area contributed by atoms with Crippen molar-refractivity contribution in [3.8, 4) is 0 Å². The van der Waals surface area contributed by atoms with E-state index in [1.54, 1.807) is 16.7 Å². The molecule has 0 bridgehead atoms. The molecule has 2 aliphatic rings. The van der Waals surface area contributed by atoms with Gasteiger partial charge in [-0.3, -0.25) is 0 Å². The minimum Gasteiger partial charge on any atom is -0.313 e. The molecule has 2 aliphatic carbocycles. The summed E-state index contributed by atoms with van der Waals surface area (Å²) >= 11 is 0. The lowest BCUT2D eigenvalue weighted by atomic mass is 9.84. The van der Waals surface area contributed by atoms with Gasteiger partial charge in [0.05, 0.1) is 0 Å². The van der Waals surface area contributed by atoms with Gasteiger partial charge in [-0.05, 0) is 68.2 Å². The average Bonchev–Trinajstić information content (AvgIpc) is 2.77. The normalized spacial score (nSPS) is 22.1. The molecule has 3 rings (SSSR count). The maximum absolute atomic E-state index is 3.62. The third-order valence-corrected chi connectivity index (χ3v) is 5.41. The fraction of sp³-hybridized carbons (Fsp3) is 0.684. The lowest BCUT2D eigenvalue weighted by molar-refractivity contribution is 0.341. The zero-order valence-electron chi connectivity index (χ0n) is 13.0. The second-order valence-corrected chi connectivity index (χ2v) is 6.75. The predicted molar refractivity (Wildman–Crippen MR) is 86.1 cm³/mol. The molecule has 1 fully saturated rings. The highest BCUT2D eigenvalue weighted by Gasteiger charge is 2.23. The third kappa shape index (κ3) is 3.09. The summed E-state index contributed by atoms with van der Waals surface area (Å²) in [4.78, 5) is 0. The standard InChI is InChI=1S/C19H29N/c1-20-19(16-9-4-2-3-5-10-16)18-13-12-15-8-6-7-11-17(15)14-18/h12-14,16,19-20H,2-11H2,1H3. The largest absolute Gasteiger partial charge is 0.313 e. The van der Waals surface area contributed by atoms with Crippen LogP contribution in [0.25, 0.3) is 0 Å². The summed E-state index contributed by atoms with van der Waals surface area (Å²) in [7, 11) is 2.15. The quantitative estimate of drug-likeness (QED) is 0.779. The van der Waals surface area contributed by atoms with Crippen LogP contribution in [0.1, 0.15) is 74.1 Å². The highest BCUT2D eigenvalue weighted by atomic mass is 14.9. The summed E-state index contributed by atoms with van der Waals surface area (Å²) in [6, 6.07) is 7.89. The molecule has 20 heavy (non-hydrogen) atoms. The van der Waals surface area contributed by atoms with Crippen molar-refractivity contribution in [1.82, 2.24) is 5.32 Å². The molecule has 0 heterocycles. The van der Waals surface area contributed by atoms with Gasteiger partial charge >= 0.3 is 0 Å². The van der Waals surface area contributed by atoms with Crippen LogP contribution in [0.2, 0.25) is 0 Å². The van der Waals surface area contributed by atoms with Gasteiger partial charge in [0.15, 0.2) is 0 Å². The van der Waals surface area contributed by atoms with Crippen LogP contribution in [0.4, 0.5) is 0 Å². The number of hydrogen-bond donors (Lipinski definition) is 1. The summed E-state index contributed by atoms with van der Waals surface area (Å²) in [5.74, 6) is 0.837. The summed E-state index contributed by atoms with van der Waals surface area (Å²) in [5, 5.41) is 3.62. The van der Waals surface area contributed by atoms with Crippen molar-refractivity contribution in [2.45, 2.75) is 70.3 Å². The van der Waals surface area contributed by atoms with Crippen molar-refractivity contribution in [3.05, 3.63) is 34.9 Å². The van der Waals surface area contributed by atoms with Crippen molar-refractivity contribution < 1.29 is 0 Å². The van der Waals surface area contributed by atoms with E-state index in [4.69, 9.17) is 0 Å². The molecule has 1 saturated carbocycles. The number of aryl methyl sites for hydroxylation is 2. The Labute approximate surface area is 124 Å². The van der Waals surface area contributed by atoms with Crippen LogP contribution in [-0.2, 0) is 12.8 Å². The molecule has 0 aromatic heterocycles. The predicted octanol–water partition coefficient (Wildman–Crippen LogP) is 4.80. The van der Waals surface area contributed by atoms with E-state index in [0.717, 1.165) is 5.92 Å². The zero-order chi connectivity index (χ0) is 13.8. The van der Waals surface area contributed by atoms with E-state index in [2.05, 4.69) is 30.6 Å². The molecular weight excluding hydrogens is 242 g/mol. The zero-order valence-corrected chi connectivity index (χ0v) is 13.0. The van der Waals surface area contributed by atoms with Gasteiger partial charge in [0.2, 0.25) is 0 Å². The molecular formula is C19H29N. The minimum atomic E-state index is 0.570. The lowest BCUT2D eigenvalue weighted by Gasteiger charge is -2.28. The van der Waals surface area contributed by atoms with E-state index < -0.39 is 0 Å². The van der Waals surface area contributed by atoms with Crippen molar-refractivity contribution in [3.63, 3.8) is 0 Å². The molecule has 1 aromatic carbocycles. The van der Waals surface area contributed by atoms with Gasteiger partial charge in [0.25, 0.3) is 0 Å². The Morgan fingerprint density at radius 3 is 2.30 bits per heavy atom. The molecule has 1 aromatic rings.